The molecule has 1 aromatic rings. The molecule has 2 amide bonds. The fourth-order valence-electron chi connectivity index (χ4n) is 3.14. The van der Waals surface area contributed by atoms with Crippen LogP contribution in [0.25, 0.3) is 0 Å². The van der Waals surface area contributed by atoms with Gasteiger partial charge < -0.3 is 15.4 Å². The van der Waals surface area contributed by atoms with Crippen LogP contribution in [0.15, 0.2) is 23.1 Å². The van der Waals surface area contributed by atoms with E-state index in [0.29, 0.717) is 13.2 Å². The fourth-order valence-corrected chi connectivity index (χ4v) is 4.77. The topological polar surface area (TPSA) is 105 Å². The summed E-state index contributed by atoms with van der Waals surface area (Å²) in [4.78, 5) is 24.6. The van der Waals surface area contributed by atoms with Gasteiger partial charge in [-0.2, -0.15) is 0 Å². The van der Waals surface area contributed by atoms with Crippen molar-refractivity contribution in [3.8, 4) is 0 Å². The standard InChI is InChI=1S/C17H23N3O5S/c1-18-7-3-8-19-16(21)12-5-6-14-15(10-12)26(23,24)20(17(14)22)11-13-4-2-9-25-13/h5-6,10,13,18H,2-4,7-9,11H2,1H3,(H,19,21). The number of benzene rings is 1. The van der Waals surface area contributed by atoms with Gasteiger partial charge in [-0.3, -0.25) is 9.59 Å². The molecule has 1 atom stereocenters. The van der Waals surface area contributed by atoms with Gasteiger partial charge in [-0.1, -0.05) is 0 Å². The number of hydrogen-bond donors (Lipinski definition) is 2. The molecule has 0 saturated carbocycles. The molecule has 0 aliphatic carbocycles. The van der Waals surface area contributed by atoms with Crippen molar-refractivity contribution in [2.24, 2.45) is 0 Å². The fraction of sp³-hybridized carbons (Fsp3) is 0.529. The van der Waals surface area contributed by atoms with Crippen molar-refractivity contribution in [3.63, 3.8) is 0 Å². The average molecular weight is 381 g/mol. The maximum Gasteiger partial charge on any atom is 0.269 e. The van der Waals surface area contributed by atoms with Gasteiger partial charge in [-0.25, -0.2) is 12.7 Å². The molecule has 0 aromatic heterocycles. The monoisotopic (exact) mass is 381 g/mol. The summed E-state index contributed by atoms with van der Waals surface area (Å²) in [6.45, 7) is 1.85. The SMILES string of the molecule is CNCCCNC(=O)c1ccc2c(c1)S(=O)(=O)N(CC1CCCO1)C2=O. The van der Waals surface area contributed by atoms with Crippen molar-refractivity contribution >= 4 is 21.8 Å². The van der Waals surface area contributed by atoms with E-state index in [1.54, 1.807) is 0 Å². The third-order valence-corrected chi connectivity index (χ3v) is 6.34. The molecule has 1 fully saturated rings. The predicted molar refractivity (Wildman–Crippen MR) is 94.5 cm³/mol. The van der Waals surface area contributed by atoms with E-state index in [-0.39, 0.29) is 34.6 Å². The number of rotatable bonds is 7. The van der Waals surface area contributed by atoms with E-state index in [4.69, 9.17) is 4.74 Å². The highest BCUT2D eigenvalue weighted by molar-refractivity contribution is 7.90. The summed E-state index contributed by atoms with van der Waals surface area (Å²) in [5.41, 5.74) is 0.332. The van der Waals surface area contributed by atoms with E-state index < -0.39 is 15.9 Å². The number of carbonyl (C=O) groups is 2. The van der Waals surface area contributed by atoms with Crippen molar-refractivity contribution in [3.05, 3.63) is 29.3 Å². The molecule has 8 nitrogen and oxygen atoms in total. The smallest absolute Gasteiger partial charge is 0.269 e. The molecular formula is C17H23N3O5S. The molecule has 26 heavy (non-hydrogen) atoms. The Bertz CT molecular complexity index is 803. The van der Waals surface area contributed by atoms with Crippen LogP contribution in [0, 0.1) is 0 Å². The van der Waals surface area contributed by atoms with Gasteiger partial charge in [0.1, 0.15) is 4.90 Å². The minimum absolute atomic E-state index is 0.0153. The molecule has 9 heteroatoms. The number of carbonyl (C=O) groups excluding carboxylic acids is 2. The lowest BCUT2D eigenvalue weighted by Crippen LogP contribution is -2.36. The summed E-state index contributed by atoms with van der Waals surface area (Å²) in [6, 6.07) is 4.17. The third-order valence-electron chi connectivity index (χ3n) is 4.55. The first kappa shape index (κ1) is 18.8. The highest BCUT2D eigenvalue weighted by Gasteiger charge is 2.43. The predicted octanol–water partition coefficient (Wildman–Crippen LogP) is 0.349. The molecule has 0 radical (unpaired) electrons. The molecule has 142 valence electrons. The van der Waals surface area contributed by atoms with E-state index in [9.17, 15) is 18.0 Å². The maximum atomic E-state index is 12.8. The summed E-state index contributed by atoms with van der Waals surface area (Å²) < 4.78 is 31.8. The van der Waals surface area contributed by atoms with Crippen LogP contribution in [-0.4, -0.2) is 63.9 Å². The Hall–Kier alpha value is -1.97. The van der Waals surface area contributed by atoms with E-state index >= 15 is 0 Å². The molecule has 1 unspecified atom stereocenters. The second-order valence-electron chi connectivity index (χ2n) is 6.40. The van der Waals surface area contributed by atoms with E-state index in [1.165, 1.54) is 18.2 Å². The largest absolute Gasteiger partial charge is 0.376 e. The summed E-state index contributed by atoms with van der Waals surface area (Å²) in [6.07, 6.45) is 2.09. The third kappa shape index (κ3) is 3.60. The summed E-state index contributed by atoms with van der Waals surface area (Å²) in [7, 11) is -2.13. The number of nitrogens with zero attached hydrogens (tertiary/aromatic N) is 1. The first-order valence-electron chi connectivity index (χ1n) is 8.70. The van der Waals surface area contributed by atoms with Crippen LogP contribution in [0.1, 0.15) is 40.0 Å². The lowest BCUT2D eigenvalue weighted by atomic mass is 10.1. The minimum Gasteiger partial charge on any atom is -0.376 e. The molecule has 2 aliphatic heterocycles. The van der Waals surface area contributed by atoms with Crippen molar-refractivity contribution in [1.82, 2.24) is 14.9 Å². The number of amides is 2. The second-order valence-corrected chi connectivity index (χ2v) is 8.23. The Morgan fingerprint density at radius 1 is 1.35 bits per heavy atom. The Kier molecular flexibility index (Phi) is 5.59. The van der Waals surface area contributed by atoms with Gasteiger partial charge >= 0.3 is 0 Å². The zero-order valence-corrected chi connectivity index (χ0v) is 15.5. The minimum atomic E-state index is -3.95. The highest BCUT2D eigenvalue weighted by atomic mass is 32.2. The van der Waals surface area contributed by atoms with Gasteiger partial charge in [0, 0.05) is 18.7 Å². The zero-order chi connectivity index (χ0) is 18.7. The van der Waals surface area contributed by atoms with Gasteiger partial charge in [0.05, 0.1) is 18.2 Å². The quantitative estimate of drug-likeness (QED) is 0.661. The first-order valence-corrected chi connectivity index (χ1v) is 10.1. The van der Waals surface area contributed by atoms with Crippen molar-refractivity contribution in [2.75, 3.05) is 33.3 Å². The van der Waals surface area contributed by atoms with Crippen molar-refractivity contribution in [2.45, 2.75) is 30.3 Å². The summed E-state index contributed by atoms with van der Waals surface area (Å²) in [5, 5.41) is 5.72. The van der Waals surface area contributed by atoms with E-state index in [1.807, 2.05) is 7.05 Å². The van der Waals surface area contributed by atoms with Crippen LogP contribution in [0.2, 0.25) is 0 Å². The Labute approximate surface area is 152 Å². The molecule has 0 spiro atoms. The number of hydrogen-bond acceptors (Lipinski definition) is 6. The molecule has 1 aromatic carbocycles. The highest BCUT2D eigenvalue weighted by Crippen LogP contribution is 2.32. The number of nitrogens with one attached hydrogen (secondary N) is 2. The normalized spacial score (nSPS) is 21.0. The van der Waals surface area contributed by atoms with Crippen molar-refractivity contribution < 1.29 is 22.7 Å². The second kappa shape index (κ2) is 7.73. The van der Waals surface area contributed by atoms with Crippen molar-refractivity contribution in [1.29, 1.82) is 0 Å². The summed E-state index contributed by atoms with van der Waals surface area (Å²) >= 11 is 0. The van der Waals surface area contributed by atoms with Gasteiger partial charge in [-0.05, 0) is 51.1 Å². The number of ether oxygens (including phenoxy) is 1. The molecule has 2 heterocycles. The Morgan fingerprint density at radius 2 is 2.15 bits per heavy atom. The zero-order valence-electron chi connectivity index (χ0n) is 14.7. The van der Waals surface area contributed by atoms with Gasteiger partial charge in [-0.15, -0.1) is 0 Å². The molecular weight excluding hydrogens is 358 g/mol. The van der Waals surface area contributed by atoms with Gasteiger partial charge in [0.2, 0.25) is 0 Å². The average Bonchev–Trinajstić information content (AvgIpc) is 3.20. The Balaban J connectivity index is 1.77. The lowest BCUT2D eigenvalue weighted by Gasteiger charge is -2.18. The van der Waals surface area contributed by atoms with Crippen LogP contribution >= 0.6 is 0 Å². The van der Waals surface area contributed by atoms with Crippen LogP contribution in [0.3, 0.4) is 0 Å². The molecule has 2 N–H and O–H groups in total. The maximum absolute atomic E-state index is 12.8. The number of fused-ring (bicyclic) bond motifs is 1. The summed E-state index contributed by atoms with van der Waals surface area (Å²) in [5.74, 6) is -0.916. The van der Waals surface area contributed by atoms with Gasteiger partial charge in [0.15, 0.2) is 0 Å². The molecule has 1 saturated heterocycles. The van der Waals surface area contributed by atoms with Gasteiger partial charge in [0.25, 0.3) is 21.8 Å². The van der Waals surface area contributed by atoms with Crippen LogP contribution in [0.5, 0.6) is 0 Å². The lowest BCUT2D eigenvalue weighted by molar-refractivity contribution is 0.0707. The van der Waals surface area contributed by atoms with Crippen LogP contribution < -0.4 is 10.6 Å². The van der Waals surface area contributed by atoms with E-state index in [0.717, 1.165) is 30.1 Å². The van der Waals surface area contributed by atoms with Crippen LogP contribution in [0.4, 0.5) is 0 Å². The van der Waals surface area contributed by atoms with E-state index in [2.05, 4.69) is 10.6 Å². The molecule has 0 bridgehead atoms. The Morgan fingerprint density at radius 3 is 2.85 bits per heavy atom. The number of sulfonamides is 1. The van der Waals surface area contributed by atoms with Crippen LogP contribution in [-0.2, 0) is 14.8 Å². The first-order chi connectivity index (χ1) is 12.4. The molecule has 2 aliphatic rings. The molecule has 3 rings (SSSR count).